The molecular formula is C18H17Cl2NO3S. The van der Waals surface area contributed by atoms with E-state index in [0.29, 0.717) is 10.9 Å². The van der Waals surface area contributed by atoms with Gasteiger partial charge in [0.25, 0.3) is 5.91 Å². The van der Waals surface area contributed by atoms with Crippen molar-refractivity contribution in [1.82, 2.24) is 5.32 Å². The van der Waals surface area contributed by atoms with Gasteiger partial charge in [-0.25, -0.2) is 8.42 Å². The lowest BCUT2D eigenvalue weighted by atomic mass is 10.0. The molecule has 7 heteroatoms. The summed E-state index contributed by atoms with van der Waals surface area (Å²) in [5, 5.41) is 3.84. The Bertz CT molecular complexity index is 906. The molecule has 0 aliphatic heterocycles. The summed E-state index contributed by atoms with van der Waals surface area (Å²) in [6.07, 6.45) is 3.16. The topological polar surface area (TPSA) is 63.2 Å². The van der Waals surface area contributed by atoms with E-state index >= 15 is 0 Å². The predicted molar refractivity (Wildman–Crippen MR) is 98.9 cm³/mol. The van der Waals surface area contributed by atoms with E-state index < -0.39 is 9.84 Å². The number of sulfone groups is 1. The number of nitrogens with one attached hydrogen (secondary N) is 1. The highest BCUT2D eigenvalue weighted by Gasteiger charge is 2.34. The van der Waals surface area contributed by atoms with Gasteiger partial charge in [-0.3, -0.25) is 4.79 Å². The van der Waals surface area contributed by atoms with Crippen LogP contribution in [0.15, 0.2) is 47.4 Å². The van der Waals surface area contributed by atoms with E-state index in [4.69, 9.17) is 23.2 Å². The van der Waals surface area contributed by atoms with Gasteiger partial charge in [0.1, 0.15) is 0 Å². The average Bonchev–Trinajstić information content (AvgIpc) is 3.37. The molecule has 132 valence electrons. The van der Waals surface area contributed by atoms with Crippen molar-refractivity contribution < 1.29 is 13.2 Å². The molecule has 1 fully saturated rings. The molecule has 0 bridgehead atoms. The van der Waals surface area contributed by atoms with E-state index in [1.807, 2.05) is 12.1 Å². The van der Waals surface area contributed by atoms with Crippen molar-refractivity contribution >= 4 is 38.9 Å². The maximum atomic E-state index is 12.7. The van der Waals surface area contributed by atoms with Crippen LogP contribution in [0.2, 0.25) is 10.0 Å². The van der Waals surface area contributed by atoms with Gasteiger partial charge < -0.3 is 5.32 Å². The molecule has 0 saturated heterocycles. The van der Waals surface area contributed by atoms with Crippen LogP contribution < -0.4 is 5.32 Å². The minimum atomic E-state index is -3.42. The summed E-state index contributed by atoms with van der Waals surface area (Å²) < 4.78 is 23.5. The second-order valence-electron chi connectivity index (χ2n) is 6.25. The van der Waals surface area contributed by atoms with Gasteiger partial charge in [-0.05, 0) is 54.7 Å². The summed E-state index contributed by atoms with van der Waals surface area (Å²) in [5.74, 6) is -0.0238. The lowest BCUT2D eigenvalue weighted by Gasteiger charge is -2.19. The van der Waals surface area contributed by atoms with Crippen molar-refractivity contribution in [2.45, 2.75) is 23.8 Å². The zero-order valence-electron chi connectivity index (χ0n) is 13.5. The second-order valence-corrected chi connectivity index (χ2v) is 9.11. The van der Waals surface area contributed by atoms with E-state index in [1.54, 1.807) is 12.1 Å². The Hall–Kier alpha value is -1.56. The summed E-state index contributed by atoms with van der Waals surface area (Å²) in [6, 6.07) is 11.3. The number of carbonyl (C=O) groups excluding carboxylic acids is 1. The van der Waals surface area contributed by atoms with E-state index in [-0.39, 0.29) is 27.4 Å². The van der Waals surface area contributed by atoms with Gasteiger partial charge in [0, 0.05) is 11.3 Å². The van der Waals surface area contributed by atoms with Gasteiger partial charge in [0.2, 0.25) is 0 Å². The van der Waals surface area contributed by atoms with Crippen LogP contribution >= 0.6 is 23.2 Å². The Kier molecular flexibility index (Phi) is 5.09. The van der Waals surface area contributed by atoms with Gasteiger partial charge in [-0.1, -0.05) is 35.3 Å². The summed E-state index contributed by atoms with van der Waals surface area (Å²) >= 11 is 12.0. The molecule has 1 amide bonds. The molecule has 4 nitrogen and oxygen atoms in total. The monoisotopic (exact) mass is 397 g/mol. The second kappa shape index (κ2) is 6.98. The SMILES string of the molecule is CS(=O)(=O)c1ccc(Cl)c(C(=O)NC(c2ccc(Cl)cc2)C2CC2)c1. The summed E-state index contributed by atoms with van der Waals surface area (Å²) in [5.41, 5.74) is 1.12. The minimum absolute atomic E-state index is 0.0662. The lowest BCUT2D eigenvalue weighted by Crippen LogP contribution is -2.30. The lowest BCUT2D eigenvalue weighted by molar-refractivity contribution is 0.0931. The quantitative estimate of drug-likeness (QED) is 0.818. The number of halogens is 2. The summed E-state index contributed by atoms with van der Waals surface area (Å²) in [7, 11) is -3.42. The van der Waals surface area contributed by atoms with Crippen molar-refractivity contribution in [3.63, 3.8) is 0 Å². The van der Waals surface area contributed by atoms with Crippen LogP contribution in [0.1, 0.15) is 34.8 Å². The molecule has 1 aliphatic rings. The molecule has 1 unspecified atom stereocenters. The largest absolute Gasteiger partial charge is 0.345 e. The van der Waals surface area contributed by atoms with Crippen molar-refractivity contribution in [2.75, 3.05) is 6.26 Å². The Balaban J connectivity index is 1.88. The third kappa shape index (κ3) is 4.35. The molecule has 2 aromatic rings. The number of benzene rings is 2. The molecular weight excluding hydrogens is 381 g/mol. The molecule has 0 heterocycles. The van der Waals surface area contributed by atoms with E-state index in [2.05, 4.69) is 5.32 Å². The van der Waals surface area contributed by atoms with E-state index in [9.17, 15) is 13.2 Å². The van der Waals surface area contributed by atoms with Crippen molar-refractivity contribution in [1.29, 1.82) is 0 Å². The Morgan fingerprint density at radius 2 is 1.76 bits per heavy atom. The standard InChI is InChI=1S/C18H17Cl2NO3S/c1-25(23,24)14-8-9-16(20)15(10-14)18(22)21-17(11-2-3-11)12-4-6-13(19)7-5-12/h4-11,17H,2-3H2,1H3,(H,21,22). The van der Waals surface area contributed by atoms with E-state index in [0.717, 1.165) is 24.7 Å². The smallest absolute Gasteiger partial charge is 0.253 e. The van der Waals surface area contributed by atoms with Gasteiger partial charge in [0.05, 0.1) is 21.5 Å². The molecule has 1 saturated carbocycles. The molecule has 1 atom stereocenters. The Morgan fingerprint density at radius 3 is 2.32 bits per heavy atom. The molecule has 0 spiro atoms. The molecule has 25 heavy (non-hydrogen) atoms. The Morgan fingerprint density at radius 1 is 1.12 bits per heavy atom. The number of amides is 1. The fourth-order valence-electron chi connectivity index (χ4n) is 2.70. The first-order valence-corrected chi connectivity index (χ1v) is 10.5. The molecule has 1 N–H and O–H groups in total. The van der Waals surface area contributed by atoms with E-state index in [1.165, 1.54) is 18.2 Å². The average molecular weight is 398 g/mol. The van der Waals surface area contributed by atoms with Crippen LogP contribution in [0.25, 0.3) is 0 Å². The van der Waals surface area contributed by atoms with Crippen LogP contribution in [-0.2, 0) is 9.84 Å². The fourth-order valence-corrected chi connectivity index (χ4v) is 3.68. The Labute approximate surface area is 157 Å². The molecule has 2 aromatic carbocycles. The van der Waals surface area contributed by atoms with Gasteiger partial charge in [-0.15, -0.1) is 0 Å². The maximum absolute atomic E-state index is 12.7. The summed E-state index contributed by atoms with van der Waals surface area (Å²) in [4.78, 5) is 12.8. The van der Waals surface area contributed by atoms with Crippen LogP contribution in [0, 0.1) is 5.92 Å². The van der Waals surface area contributed by atoms with Gasteiger partial charge in [-0.2, -0.15) is 0 Å². The van der Waals surface area contributed by atoms with Crippen molar-refractivity contribution in [3.8, 4) is 0 Å². The van der Waals surface area contributed by atoms with Gasteiger partial charge in [0.15, 0.2) is 9.84 Å². The normalized spacial score (nSPS) is 15.6. The van der Waals surface area contributed by atoms with Gasteiger partial charge >= 0.3 is 0 Å². The zero-order valence-corrected chi connectivity index (χ0v) is 15.8. The minimum Gasteiger partial charge on any atom is -0.345 e. The van der Waals surface area contributed by atoms with Crippen LogP contribution in [0.3, 0.4) is 0 Å². The number of carbonyl (C=O) groups is 1. The highest BCUT2D eigenvalue weighted by atomic mass is 35.5. The maximum Gasteiger partial charge on any atom is 0.253 e. The third-order valence-electron chi connectivity index (χ3n) is 4.22. The first-order chi connectivity index (χ1) is 11.8. The number of hydrogen-bond acceptors (Lipinski definition) is 3. The first kappa shape index (κ1) is 18.2. The number of hydrogen-bond donors (Lipinski definition) is 1. The fraction of sp³-hybridized carbons (Fsp3) is 0.278. The van der Waals surface area contributed by atoms with Crippen molar-refractivity contribution in [2.24, 2.45) is 5.92 Å². The highest BCUT2D eigenvalue weighted by Crippen LogP contribution is 2.41. The third-order valence-corrected chi connectivity index (χ3v) is 5.91. The van der Waals surface area contributed by atoms with Crippen LogP contribution in [0.5, 0.6) is 0 Å². The first-order valence-electron chi connectivity index (χ1n) is 7.81. The highest BCUT2D eigenvalue weighted by molar-refractivity contribution is 7.90. The van der Waals surface area contributed by atoms with Crippen LogP contribution in [-0.4, -0.2) is 20.6 Å². The molecule has 1 aliphatic carbocycles. The van der Waals surface area contributed by atoms with Crippen molar-refractivity contribution in [3.05, 3.63) is 63.6 Å². The molecule has 3 rings (SSSR count). The predicted octanol–water partition coefficient (Wildman–Crippen LogP) is 4.28. The molecule has 0 aromatic heterocycles. The zero-order chi connectivity index (χ0) is 18.2. The van der Waals surface area contributed by atoms with Crippen LogP contribution in [0.4, 0.5) is 0 Å². The molecule has 0 radical (unpaired) electrons. The summed E-state index contributed by atoms with van der Waals surface area (Å²) in [6.45, 7) is 0. The number of rotatable bonds is 5.